The van der Waals surface area contributed by atoms with E-state index in [4.69, 9.17) is 4.74 Å². The lowest BCUT2D eigenvalue weighted by atomic mass is 9.99. The molecule has 0 atom stereocenters. The van der Waals surface area contributed by atoms with Gasteiger partial charge in [0.05, 0.1) is 12.8 Å². The highest BCUT2D eigenvalue weighted by Gasteiger charge is 2.22. The molecule has 1 aromatic carbocycles. The fraction of sp³-hybridized carbons (Fsp3) is 0.312. The molecule has 108 valence electrons. The summed E-state index contributed by atoms with van der Waals surface area (Å²) in [5.74, 6) is -0.105. The molecule has 1 aliphatic carbocycles. The van der Waals surface area contributed by atoms with Crippen LogP contribution in [0.1, 0.15) is 29.3 Å². The smallest absolute Gasteiger partial charge is 0.327 e. The highest BCUT2D eigenvalue weighted by molar-refractivity contribution is 6.02. The van der Waals surface area contributed by atoms with Crippen molar-refractivity contribution < 1.29 is 14.3 Å². The number of nitrogens with zero attached hydrogens (tertiary/aromatic N) is 2. The molecular weight excluding hydrogens is 268 g/mol. The van der Waals surface area contributed by atoms with Gasteiger partial charge < -0.3 is 4.74 Å². The molecular formula is C16H16N2O3. The Morgan fingerprint density at radius 1 is 1.33 bits per heavy atom. The van der Waals surface area contributed by atoms with E-state index in [1.807, 2.05) is 24.4 Å². The SMILES string of the molecule is CCOC(=O)Cn1cc(-c2cccc3c2CCC3=O)cn1. The summed E-state index contributed by atoms with van der Waals surface area (Å²) in [6, 6.07) is 5.75. The average molecular weight is 284 g/mol. The summed E-state index contributed by atoms with van der Waals surface area (Å²) in [6.07, 6.45) is 4.88. The van der Waals surface area contributed by atoms with Gasteiger partial charge in [-0.2, -0.15) is 5.10 Å². The van der Waals surface area contributed by atoms with Crippen LogP contribution in [-0.2, 0) is 22.5 Å². The highest BCUT2D eigenvalue weighted by Crippen LogP contribution is 2.32. The number of ketones is 1. The Bertz CT molecular complexity index is 703. The number of fused-ring (bicyclic) bond motifs is 1. The van der Waals surface area contributed by atoms with E-state index >= 15 is 0 Å². The number of aromatic nitrogens is 2. The van der Waals surface area contributed by atoms with Gasteiger partial charge >= 0.3 is 5.97 Å². The first-order chi connectivity index (χ1) is 10.2. The van der Waals surface area contributed by atoms with Crippen LogP contribution in [0.2, 0.25) is 0 Å². The van der Waals surface area contributed by atoms with Crippen molar-refractivity contribution in [1.82, 2.24) is 9.78 Å². The standard InChI is InChI=1S/C16H16N2O3/c1-2-21-16(20)10-18-9-11(8-17-18)12-4-3-5-14-13(12)6-7-15(14)19/h3-5,8-9H,2,6-7,10H2,1H3. The van der Waals surface area contributed by atoms with Gasteiger partial charge in [-0.15, -0.1) is 0 Å². The Morgan fingerprint density at radius 3 is 2.95 bits per heavy atom. The van der Waals surface area contributed by atoms with Gasteiger partial charge in [0.1, 0.15) is 6.54 Å². The van der Waals surface area contributed by atoms with Gasteiger partial charge in [-0.05, 0) is 24.5 Å². The van der Waals surface area contributed by atoms with Crippen LogP contribution in [0.15, 0.2) is 30.6 Å². The Kier molecular flexibility index (Phi) is 3.56. The summed E-state index contributed by atoms with van der Waals surface area (Å²) in [5.41, 5.74) is 3.84. The number of Topliss-reactive ketones (excluding diaryl/α,β-unsaturated/α-hetero) is 1. The fourth-order valence-electron chi connectivity index (χ4n) is 2.69. The molecule has 0 saturated carbocycles. The predicted octanol–water partition coefficient (Wildman–Crippen LogP) is 2.24. The van der Waals surface area contributed by atoms with Crippen LogP contribution in [0.25, 0.3) is 11.1 Å². The quantitative estimate of drug-likeness (QED) is 0.808. The summed E-state index contributed by atoms with van der Waals surface area (Å²) in [5, 5.41) is 4.19. The molecule has 0 unspecified atom stereocenters. The third kappa shape index (κ3) is 2.59. The number of ether oxygens (including phenoxy) is 1. The molecule has 5 heteroatoms. The van der Waals surface area contributed by atoms with E-state index in [2.05, 4.69) is 5.10 Å². The van der Waals surface area contributed by atoms with Crippen LogP contribution < -0.4 is 0 Å². The van der Waals surface area contributed by atoms with E-state index in [0.29, 0.717) is 13.0 Å². The van der Waals surface area contributed by atoms with Gasteiger partial charge in [-0.1, -0.05) is 18.2 Å². The molecule has 2 aromatic rings. The van der Waals surface area contributed by atoms with Crippen molar-refractivity contribution in [3.63, 3.8) is 0 Å². The van der Waals surface area contributed by atoms with Crippen molar-refractivity contribution in [2.75, 3.05) is 6.61 Å². The van der Waals surface area contributed by atoms with Crippen LogP contribution >= 0.6 is 0 Å². The average Bonchev–Trinajstić information content (AvgIpc) is 3.07. The van der Waals surface area contributed by atoms with Crippen molar-refractivity contribution in [1.29, 1.82) is 0 Å². The third-order valence-electron chi connectivity index (χ3n) is 3.62. The zero-order valence-electron chi connectivity index (χ0n) is 11.8. The van der Waals surface area contributed by atoms with Crippen molar-refractivity contribution in [2.45, 2.75) is 26.3 Å². The number of carbonyl (C=O) groups excluding carboxylic acids is 2. The van der Waals surface area contributed by atoms with Crippen molar-refractivity contribution in [3.05, 3.63) is 41.7 Å². The maximum atomic E-state index is 11.8. The molecule has 0 bridgehead atoms. The molecule has 5 nitrogen and oxygen atoms in total. The Hall–Kier alpha value is -2.43. The van der Waals surface area contributed by atoms with Crippen LogP contribution in [0.5, 0.6) is 0 Å². The van der Waals surface area contributed by atoms with E-state index in [0.717, 1.165) is 28.7 Å². The Morgan fingerprint density at radius 2 is 2.14 bits per heavy atom. The number of esters is 1. The first-order valence-corrected chi connectivity index (χ1v) is 7.02. The summed E-state index contributed by atoms with van der Waals surface area (Å²) in [4.78, 5) is 23.3. The molecule has 3 rings (SSSR count). The largest absolute Gasteiger partial charge is 0.465 e. The highest BCUT2D eigenvalue weighted by atomic mass is 16.5. The van der Waals surface area contributed by atoms with Gasteiger partial charge in [-0.3, -0.25) is 14.3 Å². The number of rotatable bonds is 4. The van der Waals surface area contributed by atoms with E-state index in [1.54, 1.807) is 17.8 Å². The van der Waals surface area contributed by atoms with Crippen LogP contribution in [0.3, 0.4) is 0 Å². The number of carbonyl (C=O) groups is 2. The molecule has 0 fully saturated rings. The summed E-state index contributed by atoms with van der Waals surface area (Å²) in [7, 11) is 0. The number of hydrogen-bond acceptors (Lipinski definition) is 4. The Labute approximate surface area is 122 Å². The zero-order valence-corrected chi connectivity index (χ0v) is 11.8. The molecule has 0 saturated heterocycles. The summed E-state index contributed by atoms with van der Waals surface area (Å²) >= 11 is 0. The summed E-state index contributed by atoms with van der Waals surface area (Å²) < 4.78 is 6.46. The summed E-state index contributed by atoms with van der Waals surface area (Å²) in [6.45, 7) is 2.24. The van der Waals surface area contributed by atoms with E-state index in [9.17, 15) is 9.59 Å². The molecule has 0 radical (unpaired) electrons. The molecule has 0 N–H and O–H groups in total. The lowest BCUT2D eigenvalue weighted by Crippen LogP contribution is -2.13. The molecule has 0 aliphatic heterocycles. The molecule has 1 heterocycles. The van der Waals surface area contributed by atoms with Crippen LogP contribution in [-0.4, -0.2) is 28.1 Å². The van der Waals surface area contributed by atoms with Gasteiger partial charge in [-0.25, -0.2) is 0 Å². The maximum Gasteiger partial charge on any atom is 0.327 e. The molecule has 0 spiro atoms. The van der Waals surface area contributed by atoms with Crippen molar-refractivity contribution >= 4 is 11.8 Å². The van der Waals surface area contributed by atoms with E-state index < -0.39 is 0 Å². The van der Waals surface area contributed by atoms with E-state index in [1.165, 1.54) is 0 Å². The second kappa shape index (κ2) is 5.52. The first kappa shape index (κ1) is 13.5. The van der Waals surface area contributed by atoms with Crippen molar-refractivity contribution in [3.8, 4) is 11.1 Å². The van der Waals surface area contributed by atoms with E-state index in [-0.39, 0.29) is 18.3 Å². The molecule has 1 aliphatic rings. The predicted molar refractivity (Wildman–Crippen MR) is 76.9 cm³/mol. The normalized spacial score (nSPS) is 13.3. The third-order valence-corrected chi connectivity index (χ3v) is 3.62. The molecule has 1 aromatic heterocycles. The monoisotopic (exact) mass is 284 g/mol. The second-order valence-corrected chi connectivity index (χ2v) is 4.99. The second-order valence-electron chi connectivity index (χ2n) is 4.99. The maximum absolute atomic E-state index is 11.8. The number of hydrogen-bond donors (Lipinski definition) is 0. The zero-order chi connectivity index (χ0) is 14.8. The molecule has 0 amide bonds. The number of benzene rings is 1. The molecule has 21 heavy (non-hydrogen) atoms. The fourth-order valence-corrected chi connectivity index (χ4v) is 2.69. The van der Waals surface area contributed by atoms with Gasteiger partial charge in [0.25, 0.3) is 0 Å². The minimum absolute atomic E-state index is 0.0990. The Balaban J connectivity index is 1.88. The lowest BCUT2D eigenvalue weighted by molar-refractivity contribution is -0.144. The van der Waals surface area contributed by atoms with Gasteiger partial charge in [0.2, 0.25) is 0 Å². The minimum Gasteiger partial charge on any atom is -0.465 e. The lowest BCUT2D eigenvalue weighted by Gasteiger charge is -2.05. The van der Waals surface area contributed by atoms with Gasteiger partial charge in [0.15, 0.2) is 5.78 Å². The van der Waals surface area contributed by atoms with Crippen LogP contribution in [0, 0.1) is 0 Å². The topological polar surface area (TPSA) is 61.2 Å². The minimum atomic E-state index is -0.305. The first-order valence-electron chi connectivity index (χ1n) is 7.02. The van der Waals surface area contributed by atoms with Crippen LogP contribution in [0.4, 0.5) is 0 Å². The van der Waals surface area contributed by atoms with Crippen molar-refractivity contribution in [2.24, 2.45) is 0 Å². The van der Waals surface area contributed by atoms with Gasteiger partial charge in [0, 0.05) is 23.7 Å².